The van der Waals surface area contributed by atoms with Crippen molar-refractivity contribution >= 4 is 23.7 Å². The maximum Gasteiger partial charge on any atom is 0.357 e. The summed E-state index contributed by atoms with van der Waals surface area (Å²) in [5, 5.41) is 25.2. The summed E-state index contributed by atoms with van der Waals surface area (Å²) in [7, 11) is 3.23. The highest BCUT2D eigenvalue weighted by Crippen LogP contribution is 2.21. The lowest BCUT2D eigenvalue weighted by Gasteiger charge is -2.08. The largest absolute Gasteiger partial charge is 0.476 e. The molecule has 0 saturated carbocycles. The minimum Gasteiger partial charge on any atom is -0.476 e. The van der Waals surface area contributed by atoms with Crippen LogP contribution < -0.4 is 11.5 Å². The minimum atomic E-state index is -1.32. The van der Waals surface area contributed by atoms with E-state index in [1.165, 1.54) is 11.6 Å². The van der Waals surface area contributed by atoms with Crippen molar-refractivity contribution in [2.24, 2.45) is 25.6 Å². The average molecular weight is 450 g/mol. The van der Waals surface area contributed by atoms with E-state index in [2.05, 4.69) is 9.97 Å². The Labute approximate surface area is 185 Å². The smallest absolute Gasteiger partial charge is 0.357 e. The van der Waals surface area contributed by atoms with Gasteiger partial charge >= 0.3 is 11.9 Å². The van der Waals surface area contributed by atoms with Crippen LogP contribution in [0.3, 0.4) is 0 Å². The van der Waals surface area contributed by atoms with E-state index < -0.39 is 23.5 Å². The van der Waals surface area contributed by atoms with Gasteiger partial charge in [0.25, 0.3) is 5.91 Å². The van der Waals surface area contributed by atoms with Crippen LogP contribution in [-0.2, 0) is 14.1 Å². The molecule has 0 aliphatic rings. The van der Waals surface area contributed by atoms with Crippen LogP contribution in [0.4, 0.5) is 0 Å². The first kappa shape index (κ1) is 26.3. The number of carboxylic acids is 2. The monoisotopic (exact) mass is 449 g/mol. The number of carboxylic acid groups (broad SMARTS) is 2. The second-order valence-electron chi connectivity index (χ2n) is 7.46. The van der Waals surface area contributed by atoms with Crippen molar-refractivity contribution < 1.29 is 24.6 Å². The maximum absolute atomic E-state index is 11.3. The predicted octanol–water partition coefficient (Wildman–Crippen LogP) is 1.65. The van der Waals surface area contributed by atoms with Crippen LogP contribution in [0.15, 0.2) is 0 Å². The van der Waals surface area contributed by atoms with Gasteiger partial charge in [-0.2, -0.15) is 0 Å². The molecule has 2 aromatic rings. The number of imidazole rings is 2. The van der Waals surface area contributed by atoms with E-state index in [4.69, 9.17) is 27.1 Å². The molecule has 0 aliphatic heterocycles. The van der Waals surface area contributed by atoms with E-state index in [1.54, 1.807) is 11.6 Å². The molecule has 2 atom stereocenters. The number of aromatic carboxylic acids is 2. The molecule has 0 aromatic carbocycles. The van der Waals surface area contributed by atoms with Crippen LogP contribution in [0.2, 0.25) is 0 Å². The number of amides is 1. The molecular formula is C20H31N7O5. The Morgan fingerprint density at radius 3 is 1.53 bits per heavy atom. The van der Waals surface area contributed by atoms with Gasteiger partial charge < -0.3 is 30.8 Å². The number of carbonyl (C=O) groups excluding carboxylic acids is 1. The first-order valence-corrected chi connectivity index (χ1v) is 10.0. The number of primary amides is 1. The van der Waals surface area contributed by atoms with Crippen LogP contribution in [0.1, 0.15) is 101 Å². The number of nitrogen functional groups attached to an aromatic ring is 1. The van der Waals surface area contributed by atoms with E-state index in [9.17, 15) is 14.4 Å². The summed E-state index contributed by atoms with van der Waals surface area (Å²) in [6.45, 7) is 7.83. The standard InChI is InChI=1S/C10H17N5O.C10H14N2O4/c1-4-5(2)10-14-6(8(11)12)7(9(13)16)15(10)3;1-4-5(2)8-11-6(9(13)14)7(10(15)16)12(8)3/h5H,4H2,1-3H3,(H3,11,12)(H2,13,16);5H,4H2,1-3H3,(H,13,14)(H,15,16). The van der Waals surface area contributed by atoms with Crippen molar-refractivity contribution in [1.82, 2.24) is 19.1 Å². The Kier molecular flexibility index (Phi) is 8.69. The van der Waals surface area contributed by atoms with Crippen molar-refractivity contribution in [3.63, 3.8) is 0 Å². The molecule has 12 nitrogen and oxygen atoms in total. The summed E-state index contributed by atoms with van der Waals surface area (Å²) in [4.78, 5) is 41.2. The highest BCUT2D eigenvalue weighted by molar-refractivity contribution is 6.05. The number of hydrogen-bond donors (Lipinski definition) is 5. The van der Waals surface area contributed by atoms with Crippen LogP contribution in [0.25, 0.3) is 0 Å². The van der Waals surface area contributed by atoms with Gasteiger partial charge in [0.05, 0.1) is 0 Å². The predicted molar refractivity (Wildman–Crippen MR) is 117 cm³/mol. The highest BCUT2D eigenvalue weighted by Gasteiger charge is 2.26. The Morgan fingerprint density at radius 2 is 1.28 bits per heavy atom. The zero-order valence-corrected chi connectivity index (χ0v) is 19.1. The lowest BCUT2D eigenvalue weighted by atomic mass is 10.1. The Hall–Kier alpha value is -3.70. The van der Waals surface area contributed by atoms with Gasteiger partial charge in [-0.1, -0.05) is 27.7 Å². The summed E-state index contributed by atoms with van der Waals surface area (Å²) < 4.78 is 2.95. The highest BCUT2D eigenvalue weighted by atomic mass is 16.4. The SMILES string of the molecule is CCC(C)c1nc(C(=N)N)c(C(N)=O)n1C.CCC(C)c1nc(C(=O)O)c(C(=O)O)n1C. The third kappa shape index (κ3) is 5.31. The average Bonchev–Trinajstić information content (AvgIpc) is 3.25. The summed E-state index contributed by atoms with van der Waals surface area (Å²) in [6.07, 6.45) is 1.66. The van der Waals surface area contributed by atoms with Gasteiger partial charge in [-0.05, 0) is 12.8 Å². The molecule has 176 valence electrons. The molecule has 0 fully saturated rings. The molecule has 32 heavy (non-hydrogen) atoms. The molecule has 0 bridgehead atoms. The number of carbonyl (C=O) groups is 3. The first-order chi connectivity index (χ1) is 14.8. The van der Waals surface area contributed by atoms with Crippen LogP contribution >= 0.6 is 0 Å². The number of nitrogens with two attached hydrogens (primary N) is 2. The van der Waals surface area contributed by atoms with Crippen LogP contribution in [0.5, 0.6) is 0 Å². The first-order valence-electron chi connectivity index (χ1n) is 10.0. The van der Waals surface area contributed by atoms with Gasteiger partial charge in [0, 0.05) is 25.9 Å². The Morgan fingerprint density at radius 1 is 0.875 bits per heavy atom. The summed E-state index contributed by atoms with van der Waals surface area (Å²) in [5.41, 5.74) is 10.3. The third-order valence-corrected chi connectivity index (χ3v) is 5.26. The summed E-state index contributed by atoms with van der Waals surface area (Å²) in [6, 6.07) is 0. The maximum atomic E-state index is 11.3. The van der Waals surface area contributed by atoms with Gasteiger partial charge in [0.15, 0.2) is 11.4 Å². The van der Waals surface area contributed by atoms with Crippen LogP contribution in [-0.4, -0.2) is 53.0 Å². The fraction of sp³-hybridized carbons (Fsp3) is 0.500. The zero-order chi connectivity index (χ0) is 24.9. The molecule has 12 heteroatoms. The van der Waals surface area contributed by atoms with Gasteiger partial charge in [-0.15, -0.1) is 0 Å². The topological polar surface area (TPSA) is 203 Å². The van der Waals surface area contributed by atoms with E-state index in [1.807, 2.05) is 27.7 Å². The molecule has 1 amide bonds. The number of nitrogens with one attached hydrogen (secondary N) is 1. The van der Waals surface area contributed by atoms with Gasteiger partial charge in [-0.3, -0.25) is 10.2 Å². The second kappa shape index (κ2) is 10.6. The van der Waals surface area contributed by atoms with E-state index in [0.29, 0.717) is 5.82 Å². The minimum absolute atomic E-state index is 0.0243. The number of aromatic nitrogens is 4. The Balaban J connectivity index is 0.000000320. The zero-order valence-electron chi connectivity index (χ0n) is 19.1. The van der Waals surface area contributed by atoms with E-state index in [0.717, 1.165) is 18.7 Å². The molecule has 0 aliphatic carbocycles. The van der Waals surface area contributed by atoms with Crippen molar-refractivity contribution in [2.75, 3.05) is 0 Å². The molecule has 2 aromatic heterocycles. The molecule has 2 unspecified atom stereocenters. The molecular weight excluding hydrogens is 418 g/mol. The summed E-state index contributed by atoms with van der Waals surface area (Å²) in [5.74, 6) is -2.02. The third-order valence-electron chi connectivity index (χ3n) is 5.26. The lowest BCUT2D eigenvalue weighted by Crippen LogP contribution is -2.22. The fourth-order valence-electron chi connectivity index (χ4n) is 3.14. The van der Waals surface area contributed by atoms with Gasteiger partial charge in [-0.25, -0.2) is 19.6 Å². The quantitative estimate of drug-likeness (QED) is 0.295. The fourth-order valence-corrected chi connectivity index (χ4v) is 3.14. The lowest BCUT2D eigenvalue weighted by molar-refractivity contribution is 0.0641. The van der Waals surface area contributed by atoms with Gasteiger partial charge in [0.2, 0.25) is 0 Å². The van der Waals surface area contributed by atoms with Crippen molar-refractivity contribution in [1.29, 1.82) is 5.41 Å². The van der Waals surface area contributed by atoms with E-state index >= 15 is 0 Å². The molecule has 2 heterocycles. The molecule has 0 saturated heterocycles. The molecule has 0 radical (unpaired) electrons. The molecule has 7 N–H and O–H groups in total. The molecule has 0 spiro atoms. The second-order valence-corrected chi connectivity index (χ2v) is 7.46. The molecule has 2 rings (SSSR count). The number of rotatable bonds is 8. The number of hydrogen-bond acceptors (Lipinski definition) is 6. The summed E-state index contributed by atoms with van der Waals surface area (Å²) >= 11 is 0. The van der Waals surface area contributed by atoms with Crippen LogP contribution in [0, 0.1) is 5.41 Å². The van der Waals surface area contributed by atoms with E-state index in [-0.39, 0.29) is 34.8 Å². The normalized spacial score (nSPS) is 12.4. The number of nitrogens with zero attached hydrogens (tertiary/aromatic N) is 4. The van der Waals surface area contributed by atoms with Crippen molar-refractivity contribution in [3.8, 4) is 0 Å². The van der Waals surface area contributed by atoms with Gasteiger partial charge in [0.1, 0.15) is 28.9 Å². The Bertz CT molecular complexity index is 956. The van der Waals surface area contributed by atoms with Crippen molar-refractivity contribution in [2.45, 2.75) is 52.4 Å². The number of amidine groups is 1. The van der Waals surface area contributed by atoms with Crippen molar-refractivity contribution in [3.05, 3.63) is 34.4 Å².